The first-order valence-electron chi connectivity index (χ1n) is 8.76. The van der Waals surface area contributed by atoms with Gasteiger partial charge in [-0.3, -0.25) is 4.79 Å². The molecule has 158 valence electrons. The van der Waals surface area contributed by atoms with Crippen LogP contribution in [0.5, 0.6) is 0 Å². The number of benzene rings is 1. The lowest BCUT2D eigenvalue weighted by atomic mass is 10.2. The lowest BCUT2D eigenvalue weighted by Gasteiger charge is -2.19. The van der Waals surface area contributed by atoms with Gasteiger partial charge >= 0.3 is 6.09 Å². The molecule has 0 radical (unpaired) electrons. The minimum Gasteiger partial charge on any atom is -0.444 e. The highest BCUT2D eigenvalue weighted by atomic mass is 32.2. The van der Waals surface area contributed by atoms with Gasteiger partial charge in [0.15, 0.2) is 0 Å². The average molecular weight is 441 g/mol. The van der Waals surface area contributed by atoms with Crippen molar-refractivity contribution in [2.45, 2.75) is 38.2 Å². The third-order valence-corrected chi connectivity index (χ3v) is 5.57. The summed E-state index contributed by atoms with van der Waals surface area (Å²) in [6.45, 7) is 7.03. The molecule has 0 unspecified atom stereocenters. The molecular weight excluding hydrogens is 416 g/mol. The number of ether oxygens (including phenoxy) is 1. The molecule has 11 heteroatoms. The topological polar surface area (TPSA) is 126 Å². The molecule has 9 nitrogen and oxygen atoms in total. The maximum atomic E-state index is 12.4. The molecule has 0 saturated carbocycles. The Labute approximate surface area is 173 Å². The number of anilines is 1. The Bertz CT molecular complexity index is 980. The molecule has 1 aromatic carbocycles. The van der Waals surface area contributed by atoms with Crippen LogP contribution < -0.4 is 15.4 Å². The SMILES string of the molecule is Cc1nc(C(=O)Nc2cccc(S(=O)(=O)NCCNC(=O)OC(C)(C)C)c2)cs1. The first-order chi connectivity index (χ1) is 13.5. The summed E-state index contributed by atoms with van der Waals surface area (Å²) in [5.74, 6) is -0.418. The number of hydrogen-bond acceptors (Lipinski definition) is 7. The molecule has 1 heterocycles. The summed E-state index contributed by atoms with van der Waals surface area (Å²) >= 11 is 1.35. The minimum atomic E-state index is -3.82. The Balaban J connectivity index is 1.92. The van der Waals surface area contributed by atoms with Crippen molar-refractivity contribution in [1.29, 1.82) is 0 Å². The minimum absolute atomic E-state index is 0.0120. The molecular formula is C18H24N4O5S2. The summed E-state index contributed by atoms with van der Waals surface area (Å²) in [6, 6.07) is 5.86. The van der Waals surface area contributed by atoms with E-state index in [4.69, 9.17) is 4.74 Å². The first-order valence-corrected chi connectivity index (χ1v) is 11.1. The van der Waals surface area contributed by atoms with E-state index in [0.29, 0.717) is 5.69 Å². The van der Waals surface area contributed by atoms with Crippen LogP contribution in [-0.4, -0.2) is 44.1 Å². The van der Waals surface area contributed by atoms with Gasteiger partial charge in [-0.05, 0) is 45.9 Å². The van der Waals surface area contributed by atoms with Crippen molar-refractivity contribution in [3.05, 3.63) is 40.3 Å². The Hall–Kier alpha value is -2.50. The summed E-state index contributed by atoms with van der Waals surface area (Å²) in [5, 5.41) is 7.49. The van der Waals surface area contributed by atoms with E-state index >= 15 is 0 Å². The molecule has 0 bridgehead atoms. The van der Waals surface area contributed by atoms with Crippen molar-refractivity contribution in [3.63, 3.8) is 0 Å². The van der Waals surface area contributed by atoms with Crippen LogP contribution in [0.15, 0.2) is 34.5 Å². The zero-order chi connectivity index (χ0) is 21.7. The van der Waals surface area contributed by atoms with Crippen molar-refractivity contribution in [2.75, 3.05) is 18.4 Å². The van der Waals surface area contributed by atoms with E-state index in [2.05, 4.69) is 20.3 Å². The van der Waals surface area contributed by atoms with E-state index in [1.165, 1.54) is 29.5 Å². The monoisotopic (exact) mass is 440 g/mol. The molecule has 3 N–H and O–H groups in total. The van der Waals surface area contributed by atoms with Gasteiger partial charge in [-0.1, -0.05) is 6.07 Å². The van der Waals surface area contributed by atoms with E-state index in [9.17, 15) is 18.0 Å². The lowest BCUT2D eigenvalue weighted by molar-refractivity contribution is 0.0528. The molecule has 0 atom stereocenters. The van der Waals surface area contributed by atoms with Crippen LogP contribution in [0.1, 0.15) is 36.3 Å². The van der Waals surface area contributed by atoms with Gasteiger partial charge in [0.2, 0.25) is 10.0 Å². The van der Waals surface area contributed by atoms with Gasteiger partial charge in [-0.2, -0.15) is 0 Å². The predicted octanol–water partition coefficient (Wildman–Crippen LogP) is 2.51. The third-order valence-electron chi connectivity index (χ3n) is 3.34. The van der Waals surface area contributed by atoms with E-state index in [1.54, 1.807) is 39.1 Å². The summed E-state index contributed by atoms with van der Waals surface area (Å²) in [4.78, 5) is 27.8. The summed E-state index contributed by atoms with van der Waals surface area (Å²) in [5.41, 5.74) is -0.0337. The van der Waals surface area contributed by atoms with Crippen molar-refractivity contribution < 1.29 is 22.7 Å². The van der Waals surface area contributed by atoms with Gasteiger partial charge in [0.1, 0.15) is 11.3 Å². The number of carbonyl (C=O) groups is 2. The highest BCUT2D eigenvalue weighted by Gasteiger charge is 2.17. The largest absolute Gasteiger partial charge is 0.444 e. The number of carbonyl (C=O) groups excluding carboxylic acids is 2. The number of sulfonamides is 1. The third kappa shape index (κ3) is 7.44. The highest BCUT2D eigenvalue weighted by Crippen LogP contribution is 2.17. The summed E-state index contributed by atoms with van der Waals surface area (Å²) < 4.78 is 32.3. The van der Waals surface area contributed by atoms with E-state index in [0.717, 1.165) is 5.01 Å². The molecule has 0 aliphatic rings. The molecule has 1 aromatic heterocycles. The second-order valence-electron chi connectivity index (χ2n) is 7.06. The zero-order valence-electron chi connectivity index (χ0n) is 16.6. The molecule has 2 aromatic rings. The van der Waals surface area contributed by atoms with Crippen LogP contribution >= 0.6 is 11.3 Å². The number of nitrogens with zero attached hydrogens (tertiary/aromatic N) is 1. The fourth-order valence-corrected chi connectivity index (χ4v) is 3.82. The Morgan fingerprint density at radius 2 is 1.93 bits per heavy atom. The van der Waals surface area contributed by atoms with Crippen LogP contribution in [0.2, 0.25) is 0 Å². The maximum Gasteiger partial charge on any atom is 0.407 e. The quantitative estimate of drug-likeness (QED) is 0.568. The highest BCUT2D eigenvalue weighted by molar-refractivity contribution is 7.89. The number of thiazole rings is 1. The molecule has 0 fully saturated rings. The number of nitrogens with one attached hydrogen (secondary N) is 3. The number of amides is 2. The predicted molar refractivity (Wildman–Crippen MR) is 111 cm³/mol. The van der Waals surface area contributed by atoms with Crippen molar-refractivity contribution in [1.82, 2.24) is 15.0 Å². The van der Waals surface area contributed by atoms with Crippen molar-refractivity contribution in [3.8, 4) is 0 Å². The normalized spacial score (nSPS) is 11.7. The molecule has 0 aliphatic carbocycles. The number of aryl methyl sites for hydroxylation is 1. The van der Waals surface area contributed by atoms with Gasteiger partial charge < -0.3 is 15.4 Å². The smallest absolute Gasteiger partial charge is 0.407 e. The van der Waals surface area contributed by atoms with E-state index in [1.807, 2.05) is 0 Å². The van der Waals surface area contributed by atoms with Crippen molar-refractivity contribution >= 4 is 39.0 Å². The van der Waals surface area contributed by atoms with Gasteiger partial charge in [0.05, 0.1) is 9.90 Å². The van der Waals surface area contributed by atoms with Crippen LogP contribution in [0.4, 0.5) is 10.5 Å². The van der Waals surface area contributed by atoms with Crippen LogP contribution in [0.3, 0.4) is 0 Å². The Kier molecular flexibility index (Phi) is 7.33. The fourth-order valence-electron chi connectivity index (χ4n) is 2.15. The second kappa shape index (κ2) is 9.33. The number of hydrogen-bond donors (Lipinski definition) is 3. The van der Waals surface area contributed by atoms with Gasteiger partial charge in [-0.15, -0.1) is 11.3 Å². The van der Waals surface area contributed by atoms with Crippen LogP contribution in [0.25, 0.3) is 0 Å². The number of rotatable bonds is 7. The van der Waals surface area contributed by atoms with E-state index in [-0.39, 0.29) is 23.7 Å². The summed E-state index contributed by atoms with van der Waals surface area (Å²) in [7, 11) is -3.82. The van der Waals surface area contributed by atoms with Crippen LogP contribution in [0, 0.1) is 6.92 Å². The molecule has 2 rings (SSSR count). The second-order valence-corrected chi connectivity index (χ2v) is 9.89. The average Bonchev–Trinajstić information content (AvgIpc) is 3.04. The number of alkyl carbamates (subject to hydrolysis) is 1. The fraction of sp³-hybridized carbons (Fsp3) is 0.389. The lowest BCUT2D eigenvalue weighted by Crippen LogP contribution is -2.37. The molecule has 0 aliphatic heterocycles. The molecule has 2 amide bonds. The van der Waals surface area contributed by atoms with E-state index < -0.39 is 27.6 Å². The van der Waals surface area contributed by atoms with Gasteiger partial charge in [-0.25, -0.2) is 22.9 Å². The van der Waals surface area contributed by atoms with Gasteiger partial charge in [0, 0.05) is 24.2 Å². The first kappa shape index (κ1) is 22.8. The van der Waals surface area contributed by atoms with Gasteiger partial charge in [0.25, 0.3) is 5.91 Å². The molecule has 0 saturated heterocycles. The standard InChI is InChI=1S/C18H24N4O5S2/c1-12-21-15(11-28-12)16(23)22-13-6-5-7-14(10-13)29(25,26)20-9-8-19-17(24)27-18(2,3)4/h5-7,10-11,20H,8-9H2,1-4H3,(H,19,24)(H,22,23). The van der Waals surface area contributed by atoms with Crippen LogP contribution in [-0.2, 0) is 14.8 Å². The molecule has 29 heavy (non-hydrogen) atoms. The van der Waals surface area contributed by atoms with Crippen molar-refractivity contribution in [2.24, 2.45) is 0 Å². The Morgan fingerprint density at radius 3 is 2.55 bits per heavy atom. The Morgan fingerprint density at radius 1 is 1.21 bits per heavy atom. The molecule has 0 spiro atoms. The number of aromatic nitrogens is 1. The zero-order valence-corrected chi connectivity index (χ0v) is 18.2. The maximum absolute atomic E-state index is 12.4. The summed E-state index contributed by atoms with van der Waals surface area (Å²) in [6.07, 6.45) is -0.626.